The van der Waals surface area contributed by atoms with Gasteiger partial charge >= 0.3 is 25.7 Å². The number of esters is 2. The third-order valence-corrected chi connectivity index (χ3v) is 8.65. The number of nitrogens with two attached hydrogens (primary N) is 1. The first-order valence-electron chi connectivity index (χ1n) is 18.4. The summed E-state index contributed by atoms with van der Waals surface area (Å²) in [6.45, 7) is 2.71. The molecule has 0 amide bonds. The smallest absolute Gasteiger partial charge is 0.472 e. The number of hydrogen-bond acceptors (Lipinski definition) is 9. The highest BCUT2D eigenvalue weighted by Gasteiger charge is 2.28. The minimum Gasteiger partial charge on any atom is -0.480 e. The Kier molecular flexibility index (Phi) is 30.8. The van der Waals surface area contributed by atoms with Crippen LogP contribution in [0.4, 0.5) is 0 Å². The van der Waals surface area contributed by atoms with E-state index < -0.39 is 51.1 Å². The van der Waals surface area contributed by atoms with Crippen molar-refractivity contribution in [1.82, 2.24) is 0 Å². The monoisotopic (exact) mass is 703 g/mol. The van der Waals surface area contributed by atoms with E-state index in [1.54, 1.807) is 0 Å². The maximum Gasteiger partial charge on any atom is 0.472 e. The Labute approximate surface area is 290 Å². The third kappa shape index (κ3) is 31.2. The highest BCUT2D eigenvalue weighted by molar-refractivity contribution is 7.47. The number of rotatable bonds is 34. The van der Waals surface area contributed by atoms with Crippen molar-refractivity contribution in [3.05, 3.63) is 24.3 Å². The number of phosphoric acid groups is 1. The number of carboxylic acids is 1. The van der Waals surface area contributed by atoms with Crippen LogP contribution in [0.3, 0.4) is 0 Å². The first-order chi connectivity index (χ1) is 23.1. The summed E-state index contributed by atoms with van der Waals surface area (Å²) in [5, 5.41) is 8.83. The van der Waals surface area contributed by atoms with E-state index in [0.29, 0.717) is 12.8 Å². The number of unbranched alkanes of at least 4 members (excludes halogenated alkanes) is 16. The van der Waals surface area contributed by atoms with E-state index in [2.05, 4.69) is 42.7 Å². The van der Waals surface area contributed by atoms with E-state index in [-0.39, 0.29) is 19.4 Å². The molecule has 0 rings (SSSR count). The van der Waals surface area contributed by atoms with Gasteiger partial charge in [-0.1, -0.05) is 122 Å². The van der Waals surface area contributed by atoms with Crippen LogP contribution >= 0.6 is 7.82 Å². The second kappa shape index (κ2) is 32.2. The molecule has 11 nitrogen and oxygen atoms in total. The van der Waals surface area contributed by atoms with Gasteiger partial charge in [-0.25, -0.2) is 4.57 Å². The zero-order valence-corrected chi connectivity index (χ0v) is 30.7. The molecule has 1 unspecified atom stereocenters. The van der Waals surface area contributed by atoms with Crippen LogP contribution in [-0.2, 0) is 37.5 Å². The molecule has 0 spiro atoms. The molecule has 280 valence electrons. The standard InChI is InChI=1S/C36H66NO10P/c1-3-5-7-9-11-13-14-15-16-17-18-20-21-23-25-27-34(38)44-29-32(30-45-48(42,43)46-31-33(37)36(40)41)47-35(39)28-26-24-22-19-12-10-8-6-4-2/h15-16,18,20,32-33H,3-14,17,19,21-31,37H2,1-2H3,(H,40,41)(H,42,43)/b16-15+,20-18+/t32-,33+/m0/s1. The van der Waals surface area contributed by atoms with Gasteiger partial charge in [-0.3, -0.25) is 23.4 Å². The zero-order valence-electron chi connectivity index (χ0n) is 29.8. The molecule has 0 bridgehead atoms. The fourth-order valence-electron chi connectivity index (χ4n) is 4.74. The van der Waals surface area contributed by atoms with E-state index in [1.807, 2.05) is 0 Å². The van der Waals surface area contributed by atoms with Gasteiger partial charge in [0.05, 0.1) is 13.2 Å². The van der Waals surface area contributed by atoms with Crippen LogP contribution in [0.2, 0.25) is 0 Å². The average molecular weight is 704 g/mol. The molecular formula is C36H66NO10P. The molecule has 0 aliphatic carbocycles. The molecular weight excluding hydrogens is 637 g/mol. The minimum atomic E-state index is -4.71. The second-order valence-electron chi connectivity index (χ2n) is 12.4. The Balaban J connectivity index is 4.48. The normalized spacial score (nSPS) is 14.2. The number of phosphoric ester groups is 1. The van der Waals surface area contributed by atoms with E-state index in [9.17, 15) is 23.8 Å². The van der Waals surface area contributed by atoms with E-state index >= 15 is 0 Å². The van der Waals surface area contributed by atoms with Gasteiger partial charge in [-0.05, 0) is 44.9 Å². The summed E-state index contributed by atoms with van der Waals surface area (Å²) in [4.78, 5) is 45.6. The highest BCUT2D eigenvalue weighted by atomic mass is 31.2. The summed E-state index contributed by atoms with van der Waals surface area (Å²) in [6.07, 6.45) is 29.8. The van der Waals surface area contributed by atoms with E-state index in [4.69, 9.17) is 24.8 Å². The number of carboxylic acid groups (broad SMARTS) is 1. The topological polar surface area (TPSA) is 172 Å². The van der Waals surface area contributed by atoms with E-state index in [0.717, 1.165) is 44.9 Å². The zero-order chi connectivity index (χ0) is 35.7. The molecule has 0 aliphatic heterocycles. The number of ether oxygens (including phenoxy) is 2. The summed E-state index contributed by atoms with van der Waals surface area (Å²) >= 11 is 0. The molecule has 0 aromatic rings. The fourth-order valence-corrected chi connectivity index (χ4v) is 5.52. The summed E-state index contributed by atoms with van der Waals surface area (Å²) in [7, 11) is -4.71. The molecule has 48 heavy (non-hydrogen) atoms. The number of carbonyl (C=O) groups excluding carboxylic acids is 2. The van der Waals surface area contributed by atoms with Gasteiger partial charge in [-0.2, -0.15) is 0 Å². The SMILES string of the molecule is CCCCCCCC/C=C/C/C=C/CCCCC(=O)OC[C@@H](COP(=O)(O)OC[C@@H](N)C(=O)O)OC(=O)CCCCCCCCCCC. The van der Waals surface area contributed by atoms with Gasteiger partial charge in [0.2, 0.25) is 0 Å². The largest absolute Gasteiger partial charge is 0.480 e. The van der Waals surface area contributed by atoms with Crippen molar-refractivity contribution in [2.75, 3.05) is 19.8 Å². The summed E-state index contributed by atoms with van der Waals surface area (Å²) in [6, 6.07) is -1.52. The molecule has 0 aromatic heterocycles. The molecule has 0 heterocycles. The van der Waals surface area contributed by atoms with Gasteiger partial charge in [0, 0.05) is 12.8 Å². The Bertz CT molecular complexity index is 926. The number of hydrogen-bond donors (Lipinski definition) is 3. The number of aliphatic carboxylic acids is 1. The quantitative estimate of drug-likeness (QED) is 0.0253. The van der Waals surface area contributed by atoms with Gasteiger partial charge in [0.25, 0.3) is 0 Å². The lowest BCUT2D eigenvalue weighted by atomic mass is 10.1. The average Bonchev–Trinajstić information content (AvgIpc) is 3.05. The maximum atomic E-state index is 12.5. The molecule has 4 N–H and O–H groups in total. The van der Waals surface area contributed by atoms with Gasteiger partial charge < -0.3 is 25.2 Å². The predicted molar refractivity (Wildman–Crippen MR) is 189 cm³/mol. The highest BCUT2D eigenvalue weighted by Crippen LogP contribution is 2.43. The molecule has 12 heteroatoms. The van der Waals surface area contributed by atoms with Gasteiger partial charge in [0.15, 0.2) is 6.10 Å². The molecule has 0 fully saturated rings. The van der Waals surface area contributed by atoms with Crippen LogP contribution in [0, 0.1) is 0 Å². The molecule has 0 aromatic carbocycles. The number of allylic oxidation sites excluding steroid dienone is 4. The lowest BCUT2D eigenvalue weighted by Crippen LogP contribution is -2.34. The molecule has 0 aliphatic rings. The van der Waals surface area contributed by atoms with Crippen molar-refractivity contribution in [2.45, 2.75) is 167 Å². The fraction of sp³-hybridized carbons (Fsp3) is 0.806. The van der Waals surface area contributed by atoms with Crippen molar-refractivity contribution in [3.8, 4) is 0 Å². The Hall–Kier alpha value is -2.04. The minimum absolute atomic E-state index is 0.156. The maximum absolute atomic E-state index is 12.5. The van der Waals surface area contributed by atoms with Gasteiger partial charge in [0.1, 0.15) is 12.6 Å². The Morgan fingerprint density at radius 1 is 0.646 bits per heavy atom. The van der Waals surface area contributed by atoms with Crippen molar-refractivity contribution < 1.29 is 47.5 Å². The summed E-state index contributed by atoms with van der Waals surface area (Å²) in [5.74, 6) is -2.42. The van der Waals surface area contributed by atoms with Crippen LogP contribution in [0.5, 0.6) is 0 Å². The van der Waals surface area contributed by atoms with Crippen LogP contribution in [-0.4, -0.2) is 59.9 Å². The predicted octanol–water partition coefficient (Wildman–Crippen LogP) is 8.72. The third-order valence-electron chi connectivity index (χ3n) is 7.70. The van der Waals surface area contributed by atoms with Crippen LogP contribution in [0.1, 0.15) is 155 Å². The van der Waals surface area contributed by atoms with Crippen molar-refractivity contribution >= 4 is 25.7 Å². The first-order valence-corrected chi connectivity index (χ1v) is 19.9. The number of carbonyl (C=O) groups is 3. The Morgan fingerprint density at radius 2 is 1.10 bits per heavy atom. The lowest BCUT2D eigenvalue weighted by Gasteiger charge is -2.20. The van der Waals surface area contributed by atoms with Gasteiger partial charge in [-0.15, -0.1) is 0 Å². The lowest BCUT2D eigenvalue weighted by molar-refractivity contribution is -0.161. The molecule has 3 atom stereocenters. The summed E-state index contributed by atoms with van der Waals surface area (Å²) < 4.78 is 32.4. The summed E-state index contributed by atoms with van der Waals surface area (Å²) in [5.41, 5.74) is 5.30. The van der Waals surface area contributed by atoms with Crippen LogP contribution in [0.15, 0.2) is 24.3 Å². The van der Waals surface area contributed by atoms with Crippen molar-refractivity contribution in [2.24, 2.45) is 5.73 Å². The Morgan fingerprint density at radius 3 is 1.67 bits per heavy atom. The van der Waals surface area contributed by atoms with Crippen molar-refractivity contribution in [1.29, 1.82) is 0 Å². The van der Waals surface area contributed by atoms with Crippen LogP contribution < -0.4 is 5.73 Å². The second-order valence-corrected chi connectivity index (χ2v) is 13.8. The van der Waals surface area contributed by atoms with Crippen molar-refractivity contribution in [3.63, 3.8) is 0 Å². The van der Waals surface area contributed by atoms with Crippen LogP contribution in [0.25, 0.3) is 0 Å². The molecule has 0 radical (unpaired) electrons. The molecule has 0 saturated carbocycles. The van der Waals surface area contributed by atoms with E-state index in [1.165, 1.54) is 70.6 Å². The molecule has 0 saturated heterocycles. The first kappa shape index (κ1) is 46.0.